The van der Waals surface area contributed by atoms with Crippen molar-refractivity contribution in [3.63, 3.8) is 0 Å². The maximum Gasteiger partial charge on any atom is 0.435 e. The van der Waals surface area contributed by atoms with Gasteiger partial charge in [-0.2, -0.15) is 13.2 Å². The molecule has 7 nitrogen and oxygen atoms in total. The number of hydrogen-bond donors (Lipinski definition) is 1. The van der Waals surface area contributed by atoms with Gasteiger partial charge >= 0.3 is 6.18 Å². The van der Waals surface area contributed by atoms with Crippen molar-refractivity contribution in [3.8, 4) is 17.2 Å². The first-order valence-corrected chi connectivity index (χ1v) is 8.64. The SMILES string of the molecule is COc1ccccc1OCCNC(=O)c1nnn(-c2ccc(F)cc2)c1C(F)(F)F. The summed E-state index contributed by atoms with van der Waals surface area (Å²) in [7, 11) is 1.47. The smallest absolute Gasteiger partial charge is 0.435 e. The second-order valence-corrected chi connectivity index (χ2v) is 5.93. The third-order valence-corrected chi connectivity index (χ3v) is 3.94. The summed E-state index contributed by atoms with van der Waals surface area (Å²) in [6, 6.07) is 11.0. The van der Waals surface area contributed by atoms with Crippen LogP contribution in [0.25, 0.3) is 5.69 Å². The molecule has 0 aliphatic heterocycles. The lowest BCUT2D eigenvalue weighted by molar-refractivity contribution is -0.143. The number of hydrogen-bond acceptors (Lipinski definition) is 5. The molecule has 2 aromatic carbocycles. The Balaban J connectivity index is 1.72. The van der Waals surface area contributed by atoms with Crippen molar-refractivity contribution < 1.29 is 31.8 Å². The first-order chi connectivity index (χ1) is 14.3. The molecule has 1 aromatic heterocycles. The quantitative estimate of drug-likeness (QED) is 0.466. The zero-order valence-corrected chi connectivity index (χ0v) is 15.6. The van der Waals surface area contributed by atoms with Crippen LogP contribution in [0.15, 0.2) is 48.5 Å². The molecule has 0 spiro atoms. The average molecular weight is 424 g/mol. The third-order valence-electron chi connectivity index (χ3n) is 3.94. The fourth-order valence-electron chi connectivity index (χ4n) is 2.60. The van der Waals surface area contributed by atoms with E-state index in [-0.39, 0.29) is 18.8 Å². The summed E-state index contributed by atoms with van der Waals surface area (Å²) in [5.41, 5.74) is -2.35. The standard InChI is InChI=1S/C19H16F4N4O3/c1-29-14-4-2-3-5-15(14)30-11-10-24-18(28)16-17(19(21,22)23)27(26-25-16)13-8-6-12(20)7-9-13/h2-9H,10-11H2,1H3,(H,24,28). The summed E-state index contributed by atoms with van der Waals surface area (Å²) >= 11 is 0. The number of aromatic nitrogens is 3. The van der Waals surface area contributed by atoms with Crippen molar-refractivity contribution in [3.05, 3.63) is 65.7 Å². The van der Waals surface area contributed by atoms with Gasteiger partial charge in [0.05, 0.1) is 19.3 Å². The summed E-state index contributed by atoms with van der Waals surface area (Å²) in [4.78, 5) is 12.3. The molecule has 0 saturated heterocycles. The van der Waals surface area contributed by atoms with Gasteiger partial charge in [-0.25, -0.2) is 9.07 Å². The van der Waals surface area contributed by atoms with Crippen molar-refractivity contribution in [2.75, 3.05) is 20.3 Å². The van der Waals surface area contributed by atoms with E-state index in [9.17, 15) is 22.4 Å². The number of halogens is 4. The summed E-state index contributed by atoms with van der Waals surface area (Å²) < 4.78 is 64.8. The highest BCUT2D eigenvalue weighted by Gasteiger charge is 2.42. The van der Waals surface area contributed by atoms with Crippen molar-refractivity contribution >= 4 is 5.91 Å². The fourth-order valence-corrected chi connectivity index (χ4v) is 2.60. The number of benzene rings is 2. The molecule has 11 heteroatoms. The molecule has 1 amide bonds. The van der Waals surface area contributed by atoms with Gasteiger partial charge in [-0.05, 0) is 36.4 Å². The van der Waals surface area contributed by atoms with Gasteiger partial charge in [0.15, 0.2) is 22.9 Å². The molecule has 0 aliphatic rings. The highest BCUT2D eigenvalue weighted by molar-refractivity contribution is 5.93. The Morgan fingerprint density at radius 2 is 1.77 bits per heavy atom. The van der Waals surface area contributed by atoms with E-state index in [2.05, 4.69) is 15.6 Å². The van der Waals surface area contributed by atoms with Crippen molar-refractivity contribution in [2.24, 2.45) is 0 Å². The Bertz CT molecular complexity index is 1020. The maximum atomic E-state index is 13.6. The van der Waals surface area contributed by atoms with E-state index in [0.717, 1.165) is 24.3 Å². The number of ether oxygens (including phenoxy) is 2. The predicted molar refractivity (Wildman–Crippen MR) is 97.1 cm³/mol. The van der Waals surface area contributed by atoms with E-state index in [1.165, 1.54) is 7.11 Å². The van der Waals surface area contributed by atoms with Gasteiger partial charge in [0.1, 0.15) is 12.4 Å². The molecule has 3 aromatic rings. The number of carbonyl (C=O) groups excluding carboxylic acids is 1. The summed E-state index contributed by atoms with van der Waals surface area (Å²) in [6.07, 6.45) is -4.92. The first-order valence-electron chi connectivity index (χ1n) is 8.64. The Kier molecular flexibility index (Phi) is 6.19. The average Bonchev–Trinajstić information content (AvgIpc) is 3.18. The van der Waals surface area contributed by atoms with Gasteiger partial charge in [-0.3, -0.25) is 4.79 Å². The first kappa shape index (κ1) is 21.1. The van der Waals surface area contributed by atoms with Crippen LogP contribution in [0, 0.1) is 5.82 Å². The Morgan fingerprint density at radius 1 is 1.10 bits per heavy atom. The van der Waals surface area contributed by atoms with Crippen LogP contribution in [0.2, 0.25) is 0 Å². The highest BCUT2D eigenvalue weighted by atomic mass is 19.4. The number of nitrogens with one attached hydrogen (secondary N) is 1. The maximum absolute atomic E-state index is 13.6. The molecular weight excluding hydrogens is 408 g/mol. The molecule has 30 heavy (non-hydrogen) atoms. The molecule has 0 unspecified atom stereocenters. The minimum absolute atomic E-state index is 0.0143. The molecule has 1 heterocycles. The second-order valence-electron chi connectivity index (χ2n) is 5.93. The highest BCUT2D eigenvalue weighted by Crippen LogP contribution is 2.32. The topological polar surface area (TPSA) is 78.3 Å². The lowest BCUT2D eigenvalue weighted by atomic mass is 10.2. The van der Waals surface area contributed by atoms with Crippen LogP contribution in [0.5, 0.6) is 11.5 Å². The monoisotopic (exact) mass is 424 g/mol. The number of carbonyl (C=O) groups is 1. The number of nitrogens with zero attached hydrogens (tertiary/aromatic N) is 3. The van der Waals surface area contributed by atoms with E-state index >= 15 is 0 Å². The van der Waals surface area contributed by atoms with Crippen LogP contribution in [-0.2, 0) is 6.18 Å². The summed E-state index contributed by atoms with van der Waals surface area (Å²) in [5.74, 6) is -0.794. The largest absolute Gasteiger partial charge is 0.493 e. The lowest BCUT2D eigenvalue weighted by Crippen LogP contribution is -2.30. The molecule has 3 rings (SSSR count). The molecule has 0 atom stereocenters. The molecule has 158 valence electrons. The minimum atomic E-state index is -4.92. The number of methoxy groups -OCH3 is 1. The summed E-state index contributed by atoms with van der Waals surface area (Å²) in [6.45, 7) is -0.100. The van der Waals surface area contributed by atoms with Crippen LogP contribution < -0.4 is 14.8 Å². The zero-order valence-electron chi connectivity index (χ0n) is 15.6. The van der Waals surface area contributed by atoms with Gasteiger partial charge in [0, 0.05) is 0 Å². The van der Waals surface area contributed by atoms with E-state index in [0.29, 0.717) is 16.2 Å². The van der Waals surface area contributed by atoms with E-state index < -0.39 is 29.3 Å². The van der Waals surface area contributed by atoms with Gasteiger partial charge in [0.25, 0.3) is 5.91 Å². The van der Waals surface area contributed by atoms with Crippen LogP contribution in [0.1, 0.15) is 16.2 Å². The molecule has 0 aliphatic carbocycles. The van der Waals surface area contributed by atoms with Crippen LogP contribution >= 0.6 is 0 Å². The molecular formula is C19H16F4N4O3. The van der Waals surface area contributed by atoms with E-state index in [4.69, 9.17) is 9.47 Å². The lowest BCUT2D eigenvalue weighted by Gasteiger charge is -2.12. The van der Waals surface area contributed by atoms with Crippen LogP contribution in [-0.4, -0.2) is 41.2 Å². The number of alkyl halides is 3. The second kappa shape index (κ2) is 8.80. The molecule has 1 N–H and O–H groups in total. The van der Waals surface area contributed by atoms with Crippen molar-refractivity contribution in [1.29, 1.82) is 0 Å². The molecule has 0 radical (unpaired) electrons. The number of amides is 1. The minimum Gasteiger partial charge on any atom is -0.493 e. The number of para-hydroxylation sites is 2. The van der Waals surface area contributed by atoms with Gasteiger partial charge in [-0.1, -0.05) is 17.3 Å². The molecule has 0 bridgehead atoms. The Morgan fingerprint density at radius 3 is 2.40 bits per heavy atom. The van der Waals surface area contributed by atoms with Crippen LogP contribution in [0.4, 0.5) is 17.6 Å². The van der Waals surface area contributed by atoms with Gasteiger partial charge in [-0.15, -0.1) is 5.10 Å². The fraction of sp³-hybridized carbons (Fsp3) is 0.211. The molecule has 0 saturated carbocycles. The molecule has 0 fully saturated rings. The Hall–Kier alpha value is -3.63. The normalized spacial score (nSPS) is 11.2. The third kappa shape index (κ3) is 4.67. The Labute approximate surface area is 168 Å². The predicted octanol–water partition coefficient (Wildman–Crippen LogP) is 3.24. The number of rotatable bonds is 7. The van der Waals surface area contributed by atoms with Crippen molar-refractivity contribution in [2.45, 2.75) is 6.18 Å². The van der Waals surface area contributed by atoms with Crippen molar-refractivity contribution in [1.82, 2.24) is 20.3 Å². The van der Waals surface area contributed by atoms with Gasteiger partial charge in [0.2, 0.25) is 0 Å². The van der Waals surface area contributed by atoms with Gasteiger partial charge < -0.3 is 14.8 Å². The summed E-state index contributed by atoms with van der Waals surface area (Å²) in [5, 5.41) is 9.10. The van der Waals surface area contributed by atoms with E-state index in [1.54, 1.807) is 24.3 Å². The van der Waals surface area contributed by atoms with E-state index in [1.807, 2.05) is 0 Å². The van der Waals surface area contributed by atoms with Crippen LogP contribution in [0.3, 0.4) is 0 Å². The zero-order chi connectivity index (χ0) is 21.7.